The molecular weight excluding hydrogens is 707 g/mol. The molecule has 0 saturated carbocycles. The highest BCUT2D eigenvalue weighted by Gasteiger charge is 2.57. The molecule has 8 aromatic carbocycles. The molecule has 4 aliphatic rings. The van der Waals surface area contributed by atoms with E-state index in [2.05, 4.69) is 211 Å². The third-order valence-corrected chi connectivity index (χ3v) is 12.6. The maximum absolute atomic E-state index is 7.15. The van der Waals surface area contributed by atoms with E-state index in [0.29, 0.717) is 11.7 Å². The summed E-state index contributed by atoms with van der Waals surface area (Å²) < 4.78 is 14.0. The molecule has 1 aliphatic heterocycles. The number of benzene rings is 8. The minimum absolute atomic E-state index is 0.237. The van der Waals surface area contributed by atoms with Crippen LogP contribution < -0.4 is 14.4 Å². The molecule has 0 N–H and O–H groups in total. The number of allylic oxidation sites excluding steroid dienone is 4. The summed E-state index contributed by atoms with van der Waals surface area (Å²) in [6.45, 7) is 0. The Labute approximate surface area is 338 Å². The molecule has 3 heteroatoms. The molecule has 0 radical (unpaired) electrons. The van der Waals surface area contributed by atoms with E-state index in [9.17, 15) is 0 Å². The quantitative estimate of drug-likeness (QED) is 0.175. The van der Waals surface area contributed by atoms with Gasteiger partial charge in [0.05, 0.1) is 11.1 Å². The van der Waals surface area contributed by atoms with E-state index in [1.807, 2.05) is 6.07 Å². The van der Waals surface area contributed by atoms with E-state index in [4.69, 9.17) is 9.47 Å². The SMILES string of the molecule is C1=CC2c3ccccc3C3(c4ccccc4-c4cc5c(cc43)Oc3c(cccc3-c3ccccc3-c3ccccc3N(c3ccccc3)c3ccccc3)O5)C2C=C1. The second kappa shape index (κ2) is 12.8. The van der Waals surface area contributed by atoms with Gasteiger partial charge in [0.15, 0.2) is 23.0 Å². The van der Waals surface area contributed by atoms with Crippen molar-refractivity contribution < 1.29 is 9.47 Å². The van der Waals surface area contributed by atoms with Gasteiger partial charge in [0.1, 0.15) is 0 Å². The van der Waals surface area contributed by atoms with Crippen LogP contribution in [0.3, 0.4) is 0 Å². The molecular formula is C55H37NO2. The molecule has 3 unspecified atom stereocenters. The monoisotopic (exact) mass is 743 g/mol. The molecule has 0 fully saturated rings. The first-order valence-corrected chi connectivity index (χ1v) is 20.1. The highest BCUT2D eigenvalue weighted by molar-refractivity contribution is 5.96. The van der Waals surface area contributed by atoms with Crippen molar-refractivity contribution >= 4 is 17.1 Å². The van der Waals surface area contributed by atoms with Crippen LogP contribution >= 0.6 is 0 Å². The minimum atomic E-state index is -0.355. The fourth-order valence-electron chi connectivity index (χ4n) is 10.3. The van der Waals surface area contributed by atoms with Crippen LogP contribution in [-0.2, 0) is 5.41 Å². The number of fused-ring (bicyclic) bond motifs is 12. The molecule has 1 heterocycles. The highest BCUT2D eigenvalue weighted by atomic mass is 16.6. The number of rotatable bonds is 5. The highest BCUT2D eigenvalue weighted by Crippen LogP contribution is 2.67. The van der Waals surface area contributed by atoms with Crippen molar-refractivity contribution in [2.45, 2.75) is 11.3 Å². The molecule has 58 heavy (non-hydrogen) atoms. The van der Waals surface area contributed by atoms with Crippen molar-refractivity contribution in [2.75, 3.05) is 4.90 Å². The summed E-state index contributed by atoms with van der Waals surface area (Å²) in [5.41, 5.74) is 15.0. The fraction of sp³-hybridized carbons (Fsp3) is 0.0545. The summed E-state index contributed by atoms with van der Waals surface area (Å²) in [7, 11) is 0. The van der Waals surface area contributed by atoms with Crippen molar-refractivity contribution in [3.8, 4) is 56.4 Å². The van der Waals surface area contributed by atoms with Crippen molar-refractivity contribution in [2.24, 2.45) is 5.92 Å². The van der Waals surface area contributed by atoms with E-state index in [1.54, 1.807) is 0 Å². The minimum Gasteiger partial charge on any atom is -0.449 e. The predicted octanol–water partition coefficient (Wildman–Crippen LogP) is 14.5. The molecule has 0 saturated heterocycles. The Balaban J connectivity index is 1.01. The molecule has 3 atom stereocenters. The van der Waals surface area contributed by atoms with Crippen LogP contribution in [0.2, 0.25) is 0 Å². The number of para-hydroxylation sites is 4. The van der Waals surface area contributed by atoms with Gasteiger partial charge in [-0.25, -0.2) is 0 Å². The molecule has 274 valence electrons. The normalized spacial score (nSPS) is 18.6. The lowest BCUT2D eigenvalue weighted by atomic mass is 9.65. The first kappa shape index (κ1) is 32.8. The summed E-state index contributed by atoms with van der Waals surface area (Å²) in [6.07, 6.45) is 9.24. The standard InChI is InChI=1S/C55H37NO2/c1-3-18-36(19-4-1)56(37-20-5-2-6-21-37)50-32-16-12-27-43(50)38-22-7-8-23-39(38)44-28-17-33-51-54(44)58-53-35-49-45(34-52(53)57-51)42-26-11-15-31-48(42)55(49)46-29-13-9-24-40(46)41-25-10-14-30-47(41)55/h1-35,40,46H. The topological polar surface area (TPSA) is 21.7 Å². The van der Waals surface area contributed by atoms with E-state index < -0.39 is 0 Å². The van der Waals surface area contributed by atoms with E-state index in [1.165, 1.54) is 33.4 Å². The van der Waals surface area contributed by atoms with Crippen molar-refractivity contribution in [3.05, 3.63) is 235 Å². The van der Waals surface area contributed by atoms with Crippen LogP contribution in [0.1, 0.15) is 28.2 Å². The third kappa shape index (κ3) is 4.68. The molecule has 3 aliphatic carbocycles. The number of anilines is 3. The summed E-state index contributed by atoms with van der Waals surface area (Å²) in [5.74, 6) is 3.42. The Morgan fingerprint density at radius 2 is 0.983 bits per heavy atom. The second-order valence-electron chi connectivity index (χ2n) is 15.5. The van der Waals surface area contributed by atoms with Gasteiger partial charge in [0.2, 0.25) is 0 Å². The predicted molar refractivity (Wildman–Crippen MR) is 235 cm³/mol. The van der Waals surface area contributed by atoms with Crippen molar-refractivity contribution in [1.82, 2.24) is 0 Å². The van der Waals surface area contributed by atoms with Gasteiger partial charge in [0.25, 0.3) is 0 Å². The van der Waals surface area contributed by atoms with Crippen molar-refractivity contribution in [3.63, 3.8) is 0 Å². The molecule has 1 spiro atoms. The molecule has 3 nitrogen and oxygen atoms in total. The molecule has 0 bridgehead atoms. The van der Waals surface area contributed by atoms with Gasteiger partial charge in [-0.1, -0.05) is 164 Å². The Morgan fingerprint density at radius 1 is 0.397 bits per heavy atom. The van der Waals surface area contributed by atoms with E-state index in [0.717, 1.165) is 56.6 Å². The summed E-state index contributed by atoms with van der Waals surface area (Å²) in [5, 5.41) is 0. The summed E-state index contributed by atoms with van der Waals surface area (Å²) in [4.78, 5) is 2.33. The number of nitrogens with zero attached hydrogens (tertiary/aromatic N) is 1. The van der Waals surface area contributed by atoms with Crippen molar-refractivity contribution in [1.29, 1.82) is 0 Å². The van der Waals surface area contributed by atoms with Crippen LogP contribution in [0.4, 0.5) is 17.1 Å². The smallest absolute Gasteiger partial charge is 0.177 e. The zero-order chi connectivity index (χ0) is 38.2. The van der Waals surface area contributed by atoms with Gasteiger partial charge in [-0.2, -0.15) is 0 Å². The maximum Gasteiger partial charge on any atom is 0.177 e. The number of ether oxygens (including phenoxy) is 2. The van der Waals surface area contributed by atoms with Gasteiger partial charge in [-0.15, -0.1) is 0 Å². The van der Waals surface area contributed by atoms with Gasteiger partial charge in [0, 0.05) is 34.3 Å². The zero-order valence-electron chi connectivity index (χ0n) is 31.6. The Bertz CT molecular complexity index is 2940. The number of hydrogen-bond donors (Lipinski definition) is 0. The fourth-order valence-corrected chi connectivity index (χ4v) is 10.3. The Kier molecular flexibility index (Phi) is 7.27. The van der Waals surface area contributed by atoms with E-state index >= 15 is 0 Å². The van der Waals surface area contributed by atoms with Gasteiger partial charge < -0.3 is 14.4 Å². The first-order valence-electron chi connectivity index (χ1n) is 20.1. The zero-order valence-corrected chi connectivity index (χ0v) is 31.6. The van der Waals surface area contributed by atoms with Crippen LogP contribution in [0.15, 0.2) is 212 Å². The molecule has 12 rings (SSSR count). The molecule has 8 aromatic rings. The van der Waals surface area contributed by atoms with E-state index in [-0.39, 0.29) is 11.3 Å². The Morgan fingerprint density at radius 3 is 1.76 bits per heavy atom. The van der Waals surface area contributed by atoms with Crippen LogP contribution in [0, 0.1) is 5.92 Å². The average molecular weight is 744 g/mol. The summed E-state index contributed by atoms with van der Waals surface area (Å²) in [6, 6.07) is 67.2. The number of hydrogen-bond acceptors (Lipinski definition) is 3. The average Bonchev–Trinajstić information content (AvgIpc) is 3.75. The maximum atomic E-state index is 7.15. The lowest BCUT2D eigenvalue weighted by Crippen LogP contribution is -2.33. The van der Waals surface area contributed by atoms with Gasteiger partial charge in [-0.05, 0) is 93.0 Å². The first-order chi connectivity index (χ1) is 28.8. The van der Waals surface area contributed by atoms with Gasteiger partial charge >= 0.3 is 0 Å². The summed E-state index contributed by atoms with van der Waals surface area (Å²) >= 11 is 0. The van der Waals surface area contributed by atoms with Crippen LogP contribution in [0.5, 0.6) is 23.0 Å². The van der Waals surface area contributed by atoms with Crippen LogP contribution in [0.25, 0.3) is 33.4 Å². The Hall–Kier alpha value is -7.36. The van der Waals surface area contributed by atoms with Crippen LogP contribution in [-0.4, -0.2) is 0 Å². The molecule has 0 amide bonds. The lowest BCUT2D eigenvalue weighted by Gasteiger charge is -2.36. The molecule has 0 aromatic heterocycles. The van der Waals surface area contributed by atoms with Gasteiger partial charge in [-0.3, -0.25) is 0 Å². The second-order valence-corrected chi connectivity index (χ2v) is 15.5. The third-order valence-electron chi connectivity index (χ3n) is 12.6. The largest absolute Gasteiger partial charge is 0.449 e. The lowest BCUT2D eigenvalue weighted by molar-refractivity contribution is 0.359.